The van der Waals surface area contributed by atoms with Gasteiger partial charge < -0.3 is 15.6 Å². The Bertz CT molecular complexity index is 850. The predicted octanol–water partition coefficient (Wildman–Crippen LogP) is 0.687. The fraction of sp³-hybridized carbons (Fsp3) is 0.200. The SMILES string of the molecule is C[C@@H](Sc1nc2c(N)ncnc2n1Cc1ccccc1)C(=O)[O-]. The number of carboxylic acid groups (broad SMARTS) is 1. The second kappa shape index (κ2) is 6.25. The summed E-state index contributed by atoms with van der Waals surface area (Å²) in [6.07, 6.45) is 1.37. The average Bonchev–Trinajstić information content (AvgIpc) is 2.88. The number of anilines is 1. The highest BCUT2D eigenvalue weighted by atomic mass is 32.2. The van der Waals surface area contributed by atoms with Gasteiger partial charge in [0.25, 0.3) is 0 Å². The standard InChI is InChI=1S/C15H15N5O2S/c1-9(14(21)22)23-15-19-11-12(16)17-8-18-13(11)20(15)7-10-5-3-2-4-6-10/h2-6,8-9H,7H2,1H3,(H,21,22)(H2,16,17,18)/p-1/t9-/m1/s1. The number of hydrogen-bond acceptors (Lipinski definition) is 7. The van der Waals surface area contributed by atoms with Crippen LogP contribution in [-0.2, 0) is 11.3 Å². The molecule has 118 valence electrons. The number of fused-ring (bicyclic) bond motifs is 1. The fourth-order valence-electron chi connectivity index (χ4n) is 2.14. The van der Waals surface area contributed by atoms with E-state index in [1.54, 1.807) is 6.92 Å². The van der Waals surface area contributed by atoms with Crippen molar-refractivity contribution in [3.05, 3.63) is 42.2 Å². The van der Waals surface area contributed by atoms with E-state index in [-0.39, 0.29) is 5.82 Å². The van der Waals surface area contributed by atoms with Crippen LogP contribution in [0.3, 0.4) is 0 Å². The van der Waals surface area contributed by atoms with Gasteiger partial charge in [-0.15, -0.1) is 0 Å². The molecule has 0 bridgehead atoms. The molecule has 1 aromatic carbocycles. The summed E-state index contributed by atoms with van der Waals surface area (Å²) < 4.78 is 1.84. The Labute approximate surface area is 136 Å². The Morgan fingerprint density at radius 3 is 2.78 bits per heavy atom. The normalized spacial score (nSPS) is 12.4. The lowest BCUT2D eigenvalue weighted by molar-refractivity contribution is -0.304. The summed E-state index contributed by atoms with van der Waals surface area (Å²) in [7, 11) is 0. The van der Waals surface area contributed by atoms with Crippen LogP contribution in [0.4, 0.5) is 5.82 Å². The van der Waals surface area contributed by atoms with E-state index in [9.17, 15) is 9.90 Å². The molecule has 23 heavy (non-hydrogen) atoms. The summed E-state index contributed by atoms with van der Waals surface area (Å²) in [6, 6.07) is 9.77. The number of nitrogen functional groups attached to an aromatic ring is 1. The number of benzene rings is 1. The zero-order chi connectivity index (χ0) is 16.4. The molecule has 3 rings (SSSR count). The summed E-state index contributed by atoms with van der Waals surface area (Å²) in [4.78, 5) is 23.6. The maximum Gasteiger partial charge on any atom is 0.171 e. The van der Waals surface area contributed by atoms with Gasteiger partial charge in [0.2, 0.25) is 0 Å². The molecular formula is C15H14N5O2S-. The number of thioether (sulfide) groups is 1. The molecule has 0 fully saturated rings. The molecule has 3 aromatic rings. The molecule has 2 heterocycles. The van der Waals surface area contributed by atoms with Gasteiger partial charge in [0, 0.05) is 5.25 Å². The number of imidazole rings is 1. The van der Waals surface area contributed by atoms with E-state index in [1.165, 1.54) is 6.33 Å². The number of rotatable bonds is 5. The van der Waals surface area contributed by atoms with Crippen LogP contribution in [-0.4, -0.2) is 30.7 Å². The number of carbonyl (C=O) groups is 1. The van der Waals surface area contributed by atoms with E-state index in [1.807, 2.05) is 34.9 Å². The minimum Gasteiger partial charge on any atom is -0.549 e. The van der Waals surface area contributed by atoms with Crippen LogP contribution in [0.25, 0.3) is 11.2 Å². The van der Waals surface area contributed by atoms with Gasteiger partial charge in [-0.1, -0.05) is 42.1 Å². The first-order chi connectivity index (χ1) is 11.1. The fourth-order valence-corrected chi connectivity index (χ4v) is 2.97. The molecule has 0 saturated carbocycles. The van der Waals surface area contributed by atoms with Crippen LogP contribution in [0.5, 0.6) is 0 Å². The van der Waals surface area contributed by atoms with Gasteiger partial charge in [0.15, 0.2) is 22.1 Å². The van der Waals surface area contributed by atoms with E-state index in [0.29, 0.717) is 22.9 Å². The average molecular weight is 328 g/mol. The van der Waals surface area contributed by atoms with Crippen molar-refractivity contribution in [1.82, 2.24) is 19.5 Å². The van der Waals surface area contributed by atoms with Crippen molar-refractivity contribution >= 4 is 34.7 Å². The lowest BCUT2D eigenvalue weighted by atomic mass is 10.2. The molecule has 0 spiro atoms. The van der Waals surface area contributed by atoms with Crippen LogP contribution < -0.4 is 10.8 Å². The molecule has 0 aliphatic rings. The monoisotopic (exact) mass is 328 g/mol. The number of carbonyl (C=O) groups excluding carboxylic acids is 1. The van der Waals surface area contributed by atoms with E-state index in [4.69, 9.17) is 5.73 Å². The highest BCUT2D eigenvalue weighted by Gasteiger charge is 2.18. The van der Waals surface area contributed by atoms with Gasteiger partial charge in [-0.2, -0.15) is 0 Å². The van der Waals surface area contributed by atoms with E-state index >= 15 is 0 Å². The number of nitrogens with zero attached hydrogens (tertiary/aromatic N) is 4. The first-order valence-corrected chi connectivity index (χ1v) is 7.82. The van der Waals surface area contributed by atoms with Crippen LogP contribution in [0.15, 0.2) is 41.8 Å². The lowest BCUT2D eigenvalue weighted by Gasteiger charge is -2.13. The van der Waals surface area contributed by atoms with Crippen LogP contribution in [0, 0.1) is 0 Å². The van der Waals surface area contributed by atoms with Gasteiger partial charge in [0.05, 0.1) is 12.5 Å². The van der Waals surface area contributed by atoms with Gasteiger partial charge in [-0.25, -0.2) is 15.0 Å². The quantitative estimate of drug-likeness (QED) is 0.686. The molecule has 2 N–H and O–H groups in total. The van der Waals surface area contributed by atoms with Gasteiger partial charge in [0.1, 0.15) is 6.33 Å². The smallest absolute Gasteiger partial charge is 0.171 e. The Balaban J connectivity index is 2.08. The van der Waals surface area contributed by atoms with E-state index < -0.39 is 11.2 Å². The summed E-state index contributed by atoms with van der Waals surface area (Å²) in [5, 5.41) is 10.8. The number of aromatic nitrogens is 4. The second-order valence-corrected chi connectivity index (χ2v) is 6.28. The summed E-state index contributed by atoms with van der Waals surface area (Å²) in [5.74, 6) is -0.878. The number of carboxylic acids is 1. The maximum absolute atomic E-state index is 11.0. The molecule has 0 unspecified atom stereocenters. The highest BCUT2D eigenvalue weighted by Crippen LogP contribution is 2.28. The molecule has 0 radical (unpaired) electrons. The zero-order valence-electron chi connectivity index (χ0n) is 12.3. The summed E-state index contributed by atoms with van der Waals surface area (Å²) >= 11 is 1.10. The Hall–Kier alpha value is -2.61. The molecule has 2 aromatic heterocycles. The first-order valence-electron chi connectivity index (χ1n) is 6.94. The van der Waals surface area contributed by atoms with Crippen LogP contribution >= 0.6 is 11.8 Å². The third kappa shape index (κ3) is 3.11. The molecule has 7 nitrogen and oxygen atoms in total. The maximum atomic E-state index is 11.0. The largest absolute Gasteiger partial charge is 0.549 e. The van der Waals surface area contributed by atoms with E-state index in [2.05, 4.69) is 15.0 Å². The topological polar surface area (TPSA) is 110 Å². The van der Waals surface area contributed by atoms with Gasteiger partial charge in [-0.3, -0.25) is 4.57 Å². The molecule has 8 heteroatoms. The van der Waals surface area contributed by atoms with Crippen molar-refractivity contribution in [2.45, 2.75) is 23.9 Å². The van der Waals surface area contributed by atoms with Crippen molar-refractivity contribution in [2.24, 2.45) is 0 Å². The third-order valence-electron chi connectivity index (χ3n) is 3.32. The zero-order valence-corrected chi connectivity index (χ0v) is 13.2. The highest BCUT2D eigenvalue weighted by molar-refractivity contribution is 8.00. The molecule has 0 saturated heterocycles. The van der Waals surface area contributed by atoms with Crippen molar-refractivity contribution in [3.8, 4) is 0 Å². The lowest BCUT2D eigenvalue weighted by Crippen LogP contribution is -2.31. The van der Waals surface area contributed by atoms with Crippen LogP contribution in [0.1, 0.15) is 12.5 Å². The van der Waals surface area contributed by atoms with E-state index in [0.717, 1.165) is 17.3 Å². The third-order valence-corrected chi connectivity index (χ3v) is 4.39. The van der Waals surface area contributed by atoms with Crippen molar-refractivity contribution in [3.63, 3.8) is 0 Å². The predicted molar refractivity (Wildman–Crippen MR) is 85.6 cm³/mol. The van der Waals surface area contributed by atoms with Gasteiger partial charge >= 0.3 is 0 Å². The summed E-state index contributed by atoms with van der Waals surface area (Å²) in [5.41, 5.74) is 7.95. The van der Waals surface area contributed by atoms with Crippen molar-refractivity contribution in [2.75, 3.05) is 5.73 Å². The first kappa shape index (κ1) is 15.3. The molecule has 1 atom stereocenters. The minimum atomic E-state index is -1.15. The molecule has 0 amide bonds. The Morgan fingerprint density at radius 1 is 1.35 bits per heavy atom. The number of aliphatic carboxylic acids is 1. The van der Waals surface area contributed by atoms with Crippen molar-refractivity contribution < 1.29 is 9.90 Å². The molecular weight excluding hydrogens is 314 g/mol. The minimum absolute atomic E-state index is 0.268. The Kier molecular flexibility index (Phi) is 4.16. The Morgan fingerprint density at radius 2 is 2.09 bits per heavy atom. The van der Waals surface area contributed by atoms with Crippen molar-refractivity contribution in [1.29, 1.82) is 0 Å². The number of nitrogens with two attached hydrogens (primary N) is 1. The molecule has 0 aliphatic heterocycles. The van der Waals surface area contributed by atoms with Crippen LogP contribution in [0.2, 0.25) is 0 Å². The van der Waals surface area contributed by atoms with Gasteiger partial charge in [-0.05, 0) is 12.5 Å². The number of hydrogen-bond donors (Lipinski definition) is 1. The molecule has 0 aliphatic carbocycles. The summed E-state index contributed by atoms with van der Waals surface area (Å²) in [6.45, 7) is 2.07. The second-order valence-electron chi connectivity index (χ2n) is 4.98.